The summed E-state index contributed by atoms with van der Waals surface area (Å²) in [7, 11) is 0. The molecule has 2 aromatic carbocycles. The number of carbonyl (C=O) groups is 2. The standard InChI is InChI=1S/C17H14N4O2S/c1-9-16(22)21-14-7-11(3-5-15(14)24-9)20-17(23)10-2-4-12-13(6-10)19-8-18-12/h2-9H,1H3,(H,18,19)(H,20,23)(H,21,22). The number of rotatable bonds is 2. The number of amides is 2. The topological polar surface area (TPSA) is 86.9 Å². The highest BCUT2D eigenvalue weighted by Gasteiger charge is 2.23. The Morgan fingerprint density at radius 3 is 3.00 bits per heavy atom. The van der Waals surface area contributed by atoms with E-state index in [9.17, 15) is 9.59 Å². The fraction of sp³-hybridized carbons (Fsp3) is 0.118. The van der Waals surface area contributed by atoms with E-state index in [1.807, 2.05) is 19.1 Å². The van der Waals surface area contributed by atoms with Crippen molar-refractivity contribution in [2.75, 3.05) is 10.6 Å². The number of aromatic nitrogens is 2. The maximum Gasteiger partial charge on any atom is 0.255 e. The largest absolute Gasteiger partial charge is 0.345 e. The van der Waals surface area contributed by atoms with Crippen molar-refractivity contribution in [1.82, 2.24) is 9.97 Å². The number of hydrogen-bond acceptors (Lipinski definition) is 4. The first-order chi connectivity index (χ1) is 11.6. The average molecular weight is 338 g/mol. The van der Waals surface area contributed by atoms with Gasteiger partial charge in [-0.1, -0.05) is 0 Å². The van der Waals surface area contributed by atoms with Crippen LogP contribution in [0.3, 0.4) is 0 Å². The number of imidazole rings is 1. The van der Waals surface area contributed by atoms with Gasteiger partial charge in [0, 0.05) is 16.1 Å². The Bertz CT molecular complexity index is 966. The number of nitrogens with one attached hydrogen (secondary N) is 3. The third-order valence-corrected chi connectivity index (χ3v) is 5.03. The lowest BCUT2D eigenvalue weighted by Gasteiger charge is -2.22. The van der Waals surface area contributed by atoms with E-state index < -0.39 is 0 Å². The van der Waals surface area contributed by atoms with Crippen LogP contribution in [0.25, 0.3) is 11.0 Å². The minimum absolute atomic E-state index is 0.0272. The normalized spacial score (nSPS) is 16.5. The first-order valence-corrected chi connectivity index (χ1v) is 8.34. The Morgan fingerprint density at radius 2 is 2.12 bits per heavy atom. The second-order valence-corrected chi connectivity index (χ2v) is 6.93. The summed E-state index contributed by atoms with van der Waals surface area (Å²) in [5.74, 6) is -0.240. The molecule has 6 nitrogen and oxygen atoms in total. The number of anilines is 2. The van der Waals surface area contributed by atoms with Crippen LogP contribution in [0.4, 0.5) is 11.4 Å². The highest BCUT2D eigenvalue weighted by atomic mass is 32.2. The van der Waals surface area contributed by atoms with Gasteiger partial charge in [0.15, 0.2) is 0 Å². The summed E-state index contributed by atoms with van der Waals surface area (Å²) in [6, 6.07) is 10.8. The average Bonchev–Trinajstić information content (AvgIpc) is 3.03. The fourth-order valence-electron chi connectivity index (χ4n) is 2.57. The number of carbonyl (C=O) groups excluding carboxylic acids is 2. The lowest BCUT2D eigenvalue weighted by atomic mass is 10.2. The van der Waals surface area contributed by atoms with Crippen molar-refractivity contribution in [3.05, 3.63) is 48.3 Å². The highest BCUT2D eigenvalue weighted by Crippen LogP contribution is 2.37. The predicted molar refractivity (Wildman–Crippen MR) is 94.4 cm³/mol. The van der Waals surface area contributed by atoms with E-state index >= 15 is 0 Å². The van der Waals surface area contributed by atoms with Gasteiger partial charge in [-0.25, -0.2) is 4.98 Å². The minimum atomic E-state index is -0.213. The molecule has 3 aromatic rings. The number of hydrogen-bond donors (Lipinski definition) is 3. The van der Waals surface area contributed by atoms with E-state index in [-0.39, 0.29) is 17.1 Å². The van der Waals surface area contributed by atoms with Crippen molar-refractivity contribution >= 4 is 46.0 Å². The number of H-pyrrole nitrogens is 1. The van der Waals surface area contributed by atoms with Gasteiger partial charge >= 0.3 is 0 Å². The highest BCUT2D eigenvalue weighted by molar-refractivity contribution is 8.00. The van der Waals surface area contributed by atoms with Crippen LogP contribution in [0.2, 0.25) is 0 Å². The smallest absolute Gasteiger partial charge is 0.255 e. The molecule has 0 fully saturated rings. The molecule has 1 aliphatic rings. The summed E-state index contributed by atoms with van der Waals surface area (Å²) in [6.45, 7) is 1.87. The zero-order chi connectivity index (χ0) is 16.7. The van der Waals surface area contributed by atoms with Crippen LogP contribution < -0.4 is 10.6 Å². The maximum absolute atomic E-state index is 12.4. The molecule has 1 aromatic heterocycles. The molecule has 2 heterocycles. The van der Waals surface area contributed by atoms with Crippen LogP contribution in [0.1, 0.15) is 17.3 Å². The van der Waals surface area contributed by atoms with Crippen LogP contribution in [0.5, 0.6) is 0 Å². The summed E-state index contributed by atoms with van der Waals surface area (Å²) >= 11 is 1.51. The third-order valence-electron chi connectivity index (χ3n) is 3.85. The van der Waals surface area contributed by atoms with Crippen molar-refractivity contribution in [2.45, 2.75) is 17.1 Å². The molecule has 0 spiro atoms. The third kappa shape index (κ3) is 2.63. The summed E-state index contributed by atoms with van der Waals surface area (Å²) in [4.78, 5) is 32.3. The molecule has 0 aliphatic carbocycles. The van der Waals surface area contributed by atoms with Crippen molar-refractivity contribution in [3.8, 4) is 0 Å². The van der Waals surface area contributed by atoms with Crippen LogP contribution in [0.15, 0.2) is 47.6 Å². The molecule has 1 atom stereocenters. The van der Waals surface area contributed by atoms with Gasteiger partial charge in [0.25, 0.3) is 5.91 Å². The molecule has 120 valence electrons. The number of benzene rings is 2. The zero-order valence-corrected chi connectivity index (χ0v) is 13.6. The van der Waals surface area contributed by atoms with Crippen molar-refractivity contribution in [2.24, 2.45) is 0 Å². The molecule has 3 N–H and O–H groups in total. The maximum atomic E-state index is 12.4. The summed E-state index contributed by atoms with van der Waals surface area (Å²) < 4.78 is 0. The van der Waals surface area contributed by atoms with Crippen molar-refractivity contribution in [1.29, 1.82) is 0 Å². The van der Waals surface area contributed by atoms with E-state index in [0.717, 1.165) is 21.6 Å². The molecule has 24 heavy (non-hydrogen) atoms. The molecule has 0 bridgehead atoms. The molecule has 0 saturated heterocycles. The molecule has 1 unspecified atom stereocenters. The van der Waals surface area contributed by atoms with Crippen LogP contribution in [-0.4, -0.2) is 27.0 Å². The van der Waals surface area contributed by atoms with Gasteiger partial charge in [0.05, 0.1) is 28.3 Å². The van der Waals surface area contributed by atoms with E-state index in [1.54, 1.807) is 30.6 Å². The first-order valence-electron chi connectivity index (χ1n) is 7.46. The van der Waals surface area contributed by atoms with Crippen LogP contribution in [-0.2, 0) is 4.79 Å². The number of thioether (sulfide) groups is 1. The molecular weight excluding hydrogens is 324 g/mol. The number of nitrogens with zero attached hydrogens (tertiary/aromatic N) is 1. The molecule has 2 amide bonds. The van der Waals surface area contributed by atoms with Crippen molar-refractivity contribution in [3.63, 3.8) is 0 Å². The first kappa shape index (κ1) is 14.8. The van der Waals surface area contributed by atoms with E-state index in [1.165, 1.54) is 11.8 Å². The minimum Gasteiger partial charge on any atom is -0.345 e. The Balaban J connectivity index is 1.57. The Hall–Kier alpha value is -2.80. The fourth-order valence-corrected chi connectivity index (χ4v) is 3.50. The van der Waals surface area contributed by atoms with Crippen molar-refractivity contribution < 1.29 is 9.59 Å². The zero-order valence-electron chi connectivity index (χ0n) is 12.8. The summed E-state index contributed by atoms with van der Waals surface area (Å²) in [6.07, 6.45) is 1.59. The van der Waals surface area contributed by atoms with E-state index in [4.69, 9.17) is 0 Å². The van der Waals surface area contributed by atoms with Gasteiger partial charge in [0.2, 0.25) is 5.91 Å². The number of aromatic amines is 1. The molecule has 1 aliphatic heterocycles. The van der Waals surface area contributed by atoms with Gasteiger partial charge < -0.3 is 15.6 Å². The van der Waals surface area contributed by atoms with E-state index in [2.05, 4.69) is 20.6 Å². The second-order valence-electron chi connectivity index (χ2n) is 5.55. The predicted octanol–water partition coefficient (Wildman–Crippen LogP) is 3.25. The van der Waals surface area contributed by atoms with E-state index in [0.29, 0.717) is 11.3 Å². The molecule has 4 rings (SSSR count). The second kappa shape index (κ2) is 5.68. The quantitative estimate of drug-likeness (QED) is 0.669. The molecule has 7 heteroatoms. The number of fused-ring (bicyclic) bond motifs is 2. The Kier molecular flexibility index (Phi) is 3.50. The lowest BCUT2D eigenvalue weighted by molar-refractivity contribution is -0.115. The molecule has 0 radical (unpaired) electrons. The summed E-state index contributed by atoms with van der Waals surface area (Å²) in [5.41, 5.74) is 3.53. The van der Waals surface area contributed by atoms with Gasteiger partial charge in [0.1, 0.15) is 0 Å². The lowest BCUT2D eigenvalue weighted by Crippen LogP contribution is -2.26. The van der Waals surface area contributed by atoms with Gasteiger partial charge in [-0.2, -0.15) is 0 Å². The van der Waals surface area contributed by atoms with Gasteiger partial charge in [-0.3, -0.25) is 9.59 Å². The molecular formula is C17H14N4O2S. The van der Waals surface area contributed by atoms with Gasteiger partial charge in [-0.15, -0.1) is 11.8 Å². The molecule has 0 saturated carbocycles. The van der Waals surface area contributed by atoms with Crippen LogP contribution in [0, 0.1) is 0 Å². The monoisotopic (exact) mass is 338 g/mol. The summed E-state index contributed by atoms with van der Waals surface area (Å²) in [5, 5.41) is 5.60. The Morgan fingerprint density at radius 1 is 1.25 bits per heavy atom. The van der Waals surface area contributed by atoms with Gasteiger partial charge in [-0.05, 0) is 43.3 Å². The Labute approximate surface area is 142 Å². The SMILES string of the molecule is CC1Sc2ccc(NC(=O)c3ccc4nc[nH]c4c3)cc2NC1=O. The van der Waals surface area contributed by atoms with Crippen LogP contribution >= 0.6 is 11.8 Å².